The highest BCUT2D eigenvalue weighted by molar-refractivity contribution is 5.92. The van der Waals surface area contributed by atoms with Crippen molar-refractivity contribution in [3.8, 4) is 5.69 Å². The number of para-hydroxylation sites is 1. The van der Waals surface area contributed by atoms with E-state index in [2.05, 4.69) is 10.2 Å². The lowest BCUT2D eigenvalue weighted by atomic mass is 10.3. The first-order chi connectivity index (χ1) is 11.1. The Hall–Kier alpha value is -2.70. The Labute approximate surface area is 134 Å². The van der Waals surface area contributed by atoms with Gasteiger partial charge in [-0.3, -0.25) is 9.59 Å². The van der Waals surface area contributed by atoms with Crippen molar-refractivity contribution in [2.75, 3.05) is 26.2 Å². The average Bonchev–Trinajstić information content (AvgIpc) is 2.92. The Morgan fingerprint density at radius 2 is 1.70 bits per heavy atom. The topological polar surface area (TPSA) is 71.3 Å². The van der Waals surface area contributed by atoms with Gasteiger partial charge in [0.05, 0.1) is 11.9 Å². The molecule has 7 heteroatoms. The van der Waals surface area contributed by atoms with Crippen LogP contribution < -0.4 is 0 Å². The molecule has 0 atom stereocenters. The molecular formula is C16H19N5O2. The molecule has 0 saturated carbocycles. The fraction of sp³-hybridized carbons (Fsp3) is 0.375. The lowest BCUT2D eigenvalue weighted by molar-refractivity contribution is -0.128. The molecule has 3 rings (SSSR count). The molecule has 0 N–H and O–H groups in total. The molecule has 0 bridgehead atoms. The number of hydrogen-bond donors (Lipinski definition) is 0. The Kier molecular flexibility index (Phi) is 4.36. The van der Waals surface area contributed by atoms with Gasteiger partial charge in [0, 0.05) is 33.1 Å². The molecule has 2 amide bonds. The molecule has 0 aliphatic carbocycles. The van der Waals surface area contributed by atoms with E-state index in [0.717, 1.165) is 12.1 Å². The lowest BCUT2D eigenvalue weighted by Gasteiger charge is -2.20. The highest BCUT2D eigenvalue weighted by Gasteiger charge is 2.23. The van der Waals surface area contributed by atoms with Gasteiger partial charge in [0.25, 0.3) is 5.91 Å². The van der Waals surface area contributed by atoms with Crippen LogP contribution in [0.25, 0.3) is 5.69 Å². The van der Waals surface area contributed by atoms with E-state index < -0.39 is 0 Å². The Morgan fingerprint density at radius 3 is 2.43 bits per heavy atom. The van der Waals surface area contributed by atoms with E-state index in [1.165, 1.54) is 11.0 Å². The van der Waals surface area contributed by atoms with Gasteiger partial charge >= 0.3 is 0 Å². The Morgan fingerprint density at radius 1 is 1.00 bits per heavy atom. The second kappa shape index (κ2) is 6.60. The van der Waals surface area contributed by atoms with Gasteiger partial charge < -0.3 is 9.80 Å². The largest absolute Gasteiger partial charge is 0.341 e. The predicted octanol–water partition coefficient (Wildman–Crippen LogP) is 0.962. The maximum atomic E-state index is 12.6. The fourth-order valence-corrected chi connectivity index (χ4v) is 2.64. The van der Waals surface area contributed by atoms with E-state index in [-0.39, 0.29) is 11.8 Å². The maximum Gasteiger partial charge on any atom is 0.276 e. The summed E-state index contributed by atoms with van der Waals surface area (Å²) in [5.41, 5.74) is 1.13. The van der Waals surface area contributed by atoms with Crippen molar-refractivity contribution in [3.05, 3.63) is 42.2 Å². The van der Waals surface area contributed by atoms with Crippen molar-refractivity contribution in [2.24, 2.45) is 0 Å². The summed E-state index contributed by atoms with van der Waals surface area (Å²) in [5, 5.41) is 8.44. The van der Waals surface area contributed by atoms with Crippen LogP contribution in [0.3, 0.4) is 0 Å². The Bertz CT molecular complexity index is 698. The molecule has 0 radical (unpaired) electrons. The zero-order valence-corrected chi connectivity index (χ0v) is 13.1. The minimum atomic E-state index is -0.141. The van der Waals surface area contributed by atoms with Crippen LogP contribution in [0.2, 0.25) is 0 Å². The quantitative estimate of drug-likeness (QED) is 0.828. The van der Waals surface area contributed by atoms with E-state index in [4.69, 9.17) is 0 Å². The van der Waals surface area contributed by atoms with Crippen molar-refractivity contribution in [2.45, 2.75) is 13.3 Å². The van der Waals surface area contributed by atoms with Crippen LogP contribution in [0.1, 0.15) is 23.8 Å². The molecule has 1 aliphatic rings. The first-order valence-electron chi connectivity index (χ1n) is 7.68. The van der Waals surface area contributed by atoms with Crippen LogP contribution in [0.4, 0.5) is 0 Å². The lowest BCUT2D eigenvalue weighted by Crippen LogP contribution is -2.36. The van der Waals surface area contributed by atoms with Crippen molar-refractivity contribution in [3.63, 3.8) is 0 Å². The molecule has 1 fully saturated rings. The molecule has 2 aromatic rings. The summed E-state index contributed by atoms with van der Waals surface area (Å²) < 4.78 is 0. The SMILES string of the molecule is CC(=O)N1CCCN(C(=O)c2cnn(-c3ccccc3)n2)CC1. The van der Waals surface area contributed by atoms with E-state index in [0.29, 0.717) is 31.9 Å². The van der Waals surface area contributed by atoms with Crippen LogP contribution in [0.15, 0.2) is 36.5 Å². The second-order valence-corrected chi connectivity index (χ2v) is 5.51. The number of rotatable bonds is 2. The molecule has 1 saturated heterocycles. The molecule has 0 spiro atoms. The molecule has 120 valence electrons. The number of benzene rings is 1. The van der Waals surface area contributed by atoms with Gasteiger partial charge in [-0.05, 0) is 18.6 Å². The van der Waals surface area contributed by atoms with E-state index in [9.17, 15) is 9.59 Å². The molecule has 0 unspecified atom stereocenters. The summed E-state index contributed by atoms with van der Waals surface area (Å²) in [4.78, 5) is 29.0. The first kappa shape index (κ1) is 15.2. The van der Waals surface area contributed by atoms with E-state index >= 15 is 0 Å². The highest BCUT2D eigenvalue weighted by atomic mass is 16.2. The first-order valence-corrected chi connectivity index (χ1v) is 7.68. The molecule has 2 heterocycles. The zero-order chi connectivity index (χ0) is 16.2. The van der Waals surface area contributed by atoms with Gasteiger partial charge in [-0.2, -0.15) is 9.90 Å². The summed E-state index contributed by atoms with van der Waals surface area (Å²) in [7, 11) is 0. The highest BCUT2D eigenvalue weighted by Crippen LogP contribution is 2.09. The van der Waals surface area contributed by atoms with Crippen molar-refractivity contribution in [1.82, 2.24) is 24.8 Å². The maximum absolute atomic E-state index is 12.6. The van der Waals surface area contributed by atoms with Gasteiger partial charge in [0.2, 0.25) is 5.91 Å². The van der Waals surface area contributed by atoms with Crippen LogP contribution in [0, 0.1) is 0 Å². The number of carbonyl (C=O) groups is 2. The average molecular weight is 313 g/mol. The summed E-state index contributed by atoms with van der Waals surface area (Å²) >= 11 is 0. The predicted molar refractivity (Wildman–Crippen MR) is 84.1 cm³/mol. The van der Waals surface area contributed by atoms with Crippen LogP contribution in [-0.2, 0) is 4.79 Å². The van der Waals surface area contributed by atoms with Crippen LogP contribution in [-0.4, -0.2) is 62.8 Å². The minimum Gasteiger partial charge on any atom is -0.341 e. The second-order valence-electron chi connectivity index (χ2n) is 5.51. The van der Waals surface area contributed by atoms with Crippen molar-refractivity contribution in [1.29, 1.82) is 0 Å². The third-order valence-corrected chi connectivity index (χ3v) is 3.93. The fourth-order valence-electron chi connectivity index (χ4n) is 2.64. The Balaban J connectivity index is 1.71. The summed E-state index contributed by atoms with van der Waals surface area (Å²) in [6, 6.07) is 9.46. The number of hydrogen-bond acceptors (Lipinski definition) is 4. The van der Waals surface area contributed by atoms with E-state index in [1.807, 2.05) is 30.3 Å². The molecular weight excluding hydrogens is 294 g/mol. The summed E-state index contributed by atoms with van der Waals surface area (Å²) in [6.07, 6.45) is 2.26. The van der Waals surface area contributed by atoms with Gasteiger partial charge in [-0.25, -0.2) is 0 Å². The normalized spacial score (nSPS) is 15.3. The van der Waals surface area contributed by atoms with Gasteiger partial charge in [-0.15, -0.1) is 5.10 Å². The van der Waals surface area contributed by atoms with Crippen molar-refractivity contribution < 1.29 is 9.59 Å². The van der Waals surface area contributed by atoms with Gasteiger partial charge in [0.1, 0.15) is 0 Å². The smallest absolute Gasteiger partial charge is 0.276 e. The number of aromatic nitrogens is 3. The monoisotopic (exact) mass is 313 g/mol. The molecule has 1 aromatic heterocycles. The standard InChI is InChI=1S/C16H19N5O2/c1-13(22)19-8-5-9-20(11-10-19)16(23)15-12-17-21(18-15)14-6-3-2-4-7-14/h2-4,6-7,12H,5,8-11H2,1H3. The van der Waals surface area contributed by atoms with Crippen LogP contribution >= 0.6 is 0 Å². The summed E-state index contributed by atoms with van der Waals surface area (Å²) in [6.45, 7) is 3.96. The zero-order valence-electron chi connectivity index (χ0n) is 13.1. The molecule has 23 heavy (non-hydrogen) atoms. The summed E-state index contributed by atoms with van der Waals surface area (Å²) in [5.74, 6) is -0.0908. The number of carbonyl (C=O) groups excluding carboxylic acids is 2. The minimum absolute atomic E-state index is 0.0503. The van der Waals surface area contributed by atoms with E-state index in [1.54, 1.807) is 16.7 Å². The van der Waals surface area contributed by atoms with Gasteiger partial charge in [-0.1, -0.05) is 18.2 Å². The third-order valence-electron chi connectivity index (χ3n) is 3.93. The van der Waals surface area contributed by atoms with Gasteiger partial charge in [0.15, 0.2) is 5.69 Å². The molecule has 7 nitrogen and oxygen atoms in total. The molecule has 1 aliphatic heterocycles. The van der Waals surface area contributed by atoms with Crippen molar-refractivity contribution >= 4 is 11.8 Å². The number of amides is 2. The third kappa shape index (κ3) is 3.39. The van der Waals surface area contributed by atoms with Crippen LogP contribution in [0.5, 0.6) is 0 Å². The number of nitrogens with zero attached hydrogens (tertiary/aromatic N) is 5. The molecule has 1 aromatic carbocycles.